The summed E-state index contributed by atoms with van der Waals surface area (Å²) in [6.45, 7) is 0. The Kier molecular flexibility index (Phi) is 5.29. The molecule has 0 N–H and O–H groups in total. The summed E-state index contributed by atoms with van der Waals surface area (Å²) in [7, 11) is 0. The minimum atomic E-state index is -1.11. The van der Waals surface area contributed by atoms with Gasteiger partial charge in [0, 0.05) is 22.2 Å². The van der Waals surface area contributed by atoms with Gasteiger partial charge in [-0.05, 0) is 36.4 Å². The molecule has 0 spiro atoms. The van der Waals surface area contributed by atoms with Gasteiger partial charge in [0.15, 0.2) is 0 Å². The number of nitro benzene ring substituents is 1. The summed E-state index contributed by atoms with van der Waals surface area (Å²) in [5.41, 5.74) is 0.896. The summed E-state index contributed by atoms with van der Waals surface area (Å²) >= 11 is 3.34. The Morgan fingerprint density at radius 1 is 0.882 bits per heavy atom. The molecule has 0 saturated carbocycles. The fourth-order valence-corrected chi connectivity index (χ4v) is 4.39. The van der Waals surface area contributed by atoms with Gasteiger partial charge < -0.3 is 0 Å². The van der Waals surface area contributed by atoms with E-state index in [0.29, 0.717) is 16.9 Å². The number of non-ortho nitro benzene ring substituents is 1. The Labute approximate surface area is 201 Å². The van der Waals surface area contributed by atoms with Crippen LogP contribution in [0.1, 0.15) is 10.4 Å². The summed E-state index contributed by atoms with van der Waals surface area (Å²) in [6.07, 6.45) is 0. The van der Waals surface area contributed by atoms with Crippen LogP contribution in [-0.2, 0) is 9.59 Å². The molecule has 0 aliphatic carbocycles. The number of Topliss-reactive ketones (excluding diaryl/α,β-unsaturated/α-hetero) is 1. The third-order valence-corrected chi connectivity index (χ3v) is 6.26. The largest absolute Gasteiger partial charge is 0.287 e. The van der Waals surface area contributed by atoms with Gasteiger partial charge in [-0.15, -0.1) is 0 Å². The number of hydrogen-bond donors (Lipinski definition) is 0. The smallest absolute Gasteiger partial charge is 0.269 e. The molecule has 2 aliphatic rings. The number of halogens is 1. The van der Waals surface area contributed by atoms with Gasteiger partial charge in [-0.1, -0.05) is 46.3 Å². The predicted molar refractivity (Wildman–Crippen MR) is 128 cm³/mol. The van der Waals surface area contributed by atoms with Gasteiger partial charge in [0.05, 0.1) is 16.3 Å². The highest BCUT2D eigenvalue weighted by atomic mass is 79.9. The molecule has 2 amide bonds. The lowest BCUT2D eigenvalue weighted by Crippen LogP contribution is -2.39. The van der Waals surface area contributed by atoms with Crippen LogP contribution >= 0.6 is 15.9 Å². The second kappa shape index (κ2) is 8.31. The number of hydrogen-bond acceptors (Lipinski definition) is 7. The Bertz CT molecular complexity index is 1360. The number of imide groups is 1. The van der Waals surface area contributed by atoms with Crippen LogP contribution in [0.2, 0.25) is 0 Å². The second-order valence-electron chi connectivity index (χ2n) is 7.71. The van der Waals surface area contributed by atoms with E-state index < -0.39 is 34.5 Å². The Morgan fingerprint density at radius 2 is 1.50 bits per heavy atom. The number of benzene rings is 3. The molecule has 0 radical (unpaired) electrons. The summed E-state index contributed by atoms with van der Waals surface area (Å²) in [5, 5.41) is 16.7. The molecule has 1 fully saturated rings. The van der Waals surface area contributed by atoms with Crippen LogP contribution in [0.3, 0.4) is 0 Å². The molecule has 9 nitrogen and oxygen atoms in total. The summed E-state index contributed by atoms with van der Waals surface area (Å²) < 4.78 is 0.782. The Hall–Kier alpha value is -4.18. The van der Waals surface area contributed by atoms with Gasteiger partial charge in [0.25, 0.3) is 11.6 Å². The number of fused-ring (bicyclic) bond motifs is 1. The maximum Gasteiger partial charge on any atom is 0.269 e. The lowest BCUT2D eigenvalue weighted by Gasteiger charge is -2.22. The number of carbonyl (C=O) groups excluding carboxylic acids is 3. The highest BCUT2D eigenvalue weighted by Gasteiger charge is 2.58. The van der Waals surface area contributed by atoms with Crippen molar-refractivity contribution in [2.75, 3.05) is 9.91 Å². The fraction of sp³-hybridized carbons (Fsp3) is 0.0833. The zero-order valence-electron chi connectivity index (χ0n) is 17.4. The molecule has 2 heterocycles. The van der Waals surface area contributed by atoms with E-state index in [9.17, 15) is 24.5 Å². The first kappa shape index (κ1) is 21.7. The van der Waals surface area contributed by atoms with Gasteiger partial charge in [-0.2, -0.15) is 5.10 Å². The first-order valence-corrected chi connectivity index (χ1v) is 11.0. The van der Waals surface area contributed by atoms with Crippen molar-refractivity contribution < 1.29 is 19.3 Å². The summed E-state index contributed by atoms with van der Waals surface area (Å²) in [5.74, 6) is -2.65. The average Bonchev–Trinajstić information content (AvgIpc) is 3.36. The van der Waals surface area contributed by atoms with Gasteiger partial charge >= 0.3 is 0 Å². The van der Waals surface area contributed by atoms with Crippen molar-refractivity contribution in [1.29, 1.82) is 0 Å². The summed E-state index contributed by atoms with van der Waals surface area (Å²) in [6, 6.07) is 19.4. The number of hydrazone groups is 1. The van der Waals surface area contributed by atoms with Crippen molar-refractivity contribution in [3.63, 3.8) is 0 Å². The number of rotatable bonds is 5. The van der Waals surface area contributed by atoms with E-state index in [1.54, 1.807) is 54.6 Å². The van der Waals surface area contributed by atoms with Crippen LogP contribution in [0.4, 0.5) is 17.1 Å². The van der Waals surface area contributed by atoms with E-state index in [2.05, 4.69) is 21.0 Å². The molecule has 10 heteroatoms. The van der Waals surface area contributed by atoms with Crippen LogP contribution in [0.15, 0.2) is 88.4 Å². The number of amides is 2. The third-order valence-electron chi connectivity index (χ3n) is 5.73. The SMILES string of the molecule is O=C(C1=NN(c2ccc([N+](=O)[O-])cc2)[C@@H]2C(=O)N(c3ccc(Br)cc3)C(=O)[C@H]12)c1ccccc1. The molecule has 2 atom stereocenters. The van der Waals surface area contributed by atoms with E-state index in [-0.39, 0.29) is 11.4 Å². The topological polar surface area (TPSA) is 113 Å². The fourth-order valence-electron chi connectivity index (χ4n) is 4.12. The second-order valence-corrected chi connectivity index (χ2v) is 8.62. The van der Waals surface area contributed by atoms with Crippen molar-refractivity contribution in [1.82, 2.24) is 0 Å². The maximum absolute atomic E-state index is 13.5. The van der Waals surface area contributed by atoms with E-state index in [1.807, 2.05) is 0 Å². The zero-order valence-corrected chi connectivity index (χ0v) is 19.0. The molecule has 2 aliphatic heterocycles. The molecule has 3 aromatic rings. The highest BCUT2D eigenvalue weighted by Crippen LogP contribution is 2.39. The molecule has 1 saturated heterocycles. The molecule has 3 aromatic carbocycles. The molecule has 34 heavy (non-hydrogen) atoms. The van der Waals surface area contributed by atoms with E-state index in [1.165, 1.54) is 29.3 Å². The molecule has 168 valence electrons. The highest BCUT2D eigenvalue weighted by molar-refractivity contribution is 9.10. The molecular weight excluding hydrogens is 504 g/mol. The van der Waals surface area contributed by atoms with Gasteiger partial charge in [0.1, 0.15) is 17.7 Å². The first-order chi connectivity index (χ1) is 16.4. The quantitative estimate of drug-likeness (QED) is 0.218. The molecule has 0 unspecified atom stereocenters. The van der Waals surface area contributed by atoms with Crippen LogP contribution in [0.25, 0.3) is 0 Å². The molecular formula is C24H15BrN4O5. The molecule has 0 bridgehead atoms. The lowest BCUT2D eigenvalue weighted by molar-refractivity contribution is -0.384. The van der Waals surface area contributed by atoms with Crippen molar-refractivity contribution in [2.45, 2.75) is 6.04 Å². The van der Waals surface area contributed by atoms with Crippen LogP contribution in [-0.4, -0.2) is 34.3 Å². The average molecular weight is 519 g/mol. The number of nitrogens with zero attached hydrogens (tertiary/aromatic N) is 4. The summed E-state index contributed by atoms with van der Waals surface area (Å²) in [4.78, 5) is 51.9. The minimum Gasteiger partial charge on any atom is -0.287 e. The predicted octanol–water partition coefficient (Wildman–Crippen LogP) is 3.97. The first-order valence-electron chi connectivity index (χ1n) is 10.2. The normalized spacial score (nSPS) is 19.3. The molecule has 0 aromatic heterocycles. The van der Waals surface area contributed by atoms with E-state index >= 15 is 0 Å². The van der Waals surface area contributed by atoms with Crippen LogP contribution < -0.4 is 9.91 Å². The monoisotopic (exact) mass is 518 g/mol. The number of nitro groups is 1. The standard InChI is InChI=1S/C24H15BrN4O5/c25-15-6-8-16(9-7-15)27-23(31)19-20(22(30)14-4-2-1-3-5-14)26-28(21(19)24(27)32)17-10-12-18(13-11-17)29(33)34/h1-13,19,21H/t19-,21+/m1/s1. The zero-order chi connectivity index (χ0) is 24.0. The van der Waals surface area contributed by atoms with Crippen molar-refractivity contribution in [3.05, 3.63) is 99.0 Å². The maximum atomic E-state index is 13.5. The van der Waals surface area contributed by atoms with Gasteiger partial charge in [-0.3, -0.25) is 29.5 Å². The van der Waals surface area contributed by atoms with E-state index in [0.717, 1.165) is 9.37 Å². The number of carbonyl (C=O) groups is 3. The third kappa shape index (κ3) is 3.48. The van der Waals surface area contributed by atoms with Crippen molar-refractivity contribution in [2.24, 2.45) is 11.0 Å². The van der Waals surface area contributed by atoms with E-state index in [4.69, 9.17) is 0 Å². The Morgan fingerprint density at radius 3 is 2.12 bits per heavy atom. The number of ketones is 1. The minimum absolute atomic E-state index is 0.0486. The van der Waals surface area contributed by atoms with Crippen molar-refractivity contribution in [3.8, 4) is 0 Å². The lowest BCUT2D eigenvalue weighted by atomic mass is 9.92. The Balaban J connectivity index is 1.60. The van der Waals surface area contributed by atoms with Crippen molar-refractivity contribution >= 4 is 56.3 Å². The van der Waals surface area contributed by atoms with Gasteiger partial charge in [-0.25, -0.2) is 4.90 Å². The molecule has 5 rings (SSSR count). The number of anilines is 2. The van der Waals surface area contributed by atoms with Crippen LogP contribution in [0.5, 0.6) is 0 Å². The van der Waals surface area contributed by atoms with Crippen LogP contribution in [0, 0.1) is 16.0 Å². The van der Waals surface area contributed by atoms with Gasteiger partial charge in [0.2, 0.25) is 11.7 Å².